The molecule has 1 aromatic heterocycles. The fourth-order valence-electron chi connectivity index (χ4n) is 1.97. The number of nitrogens with one attached hydrogen (secondary N) is 1. The van der Waals surface area contributed by atoms with Crippen molar-refractivity contribution in [2.75, 3.05) is 5.43 Å². The van der Waals surface area contributed by atoms with Crippen LogP contribution >= 0.6 is 0 Å². The molecule has 0 atom stereocenters. The quantitative estimate of drug-likeness (QED) is 0.505. The number of hydrogen-bond acceptors (Lipinski definition) is 3. The zero-order valence-electron chi connectivity index (χ0n) is 7.93. The van der Waals surface area contributed by atoms with E-state index in [-0.39, 0.29) is 0 Å². The van der Waals surface area contributed by atoms with E-state index in [2.05, 4.69) is 10.4 Å². The topological polar surface area (TPSA) is 50.9 Å². The van der Waals surface area contributed by atoms with Crippen LogP contribution < -0.4 is 11.3 Å². The van der Waals surface area contributed by atoms with Gasteiger partial charge in [-0.05, 0) is 44.2 Å². The van der Waals surface area contributed by atoms with Crippen LogP contribution in [0.25, 0.3) is 0 Å². The van der Waals surface area contributed by atoms with Gasteiger partial charge in [0.15, 0.2) is 0 Å². The highest BCUT2D eigenvalue weighted by atomic mass is 15.2. The fourth-order valence-corrected chi connectivity index (χ4v) is 1.97. The van der Waals surface area contributed by atoms with Gasteiger partial charge in [-0.15, -0.1) is 0 Å². The molecule has 0 saturated heterocycles. The summed E-state index contributed by atoms with van der Waals surface area (Å²) >= 11 is 0. The van der Waals surface area contributed by atoms with Crippen molar-refractivity contribution >= 4 is 5.69 Å². The lowest BCUT2D eigenvalue weighted by Gasteiger charge is -2.18. The Labute approximate surface area is 78.3 Å². The van der Waals surface area contributed by atoms with Crippen molar-refractivity contribution < 1.29 is 0 Å². The molecule has 1 aromatic rings. The van der Waals surface area contributed by atoms with E-state index in [0.29, 0.717) is 0 Å². The van der Waals surface area contributed by atoms with E-state index >= 15 is 0 Å². The fraction of sp³-hybridized carbons (Fsp3) is 0.500. The lowest BCUT2D eigenvalue weighted by Crippen LogP contribution is -2.14. The molecule has 0 bridgehead atoms. The Morgan fingerprint density at radius 3 is 2.92 bits per heavy atom. The van der Waals surface area contributed by atoms with Crippen molar-refractivity contribution in [1.29, 1.82) is 0 Å². The molecule has 0 fully saturated rings. The molecule has 3 N–H and O–H groups in total. The van der Waals surface area contributed by atoms with E-state index in [1.54, 1.807) is 0 Å². The SMILES string of the molecule is Cc1cc(NN)c2c(n1)CCCC2. The molecule has 3 nitrogen and oxygen atoms in total. The number of hydrazine groups is 1. The molecule has 70 valence electrons. The number of fused-ring (bicyclic) bond motifs is 1. The summed E-state index contributed by atoms with van der Waals surface area (Å²) in [6.07, 6.45) is 4.73. The van der Waals surface area contributed by atoms with Crippen LogP contribution in [0, 0.1) is 6.92 Å². The van der Waals surface area contributed by atoms with Crippen molar-refractivity contribution in [2.24, 2.45) is 5.84 Å². The van der Waals surface area contributed by atoms with Gasteiger partial charge in [-0.3, -0.25) is 10.8 Å². The Morgan fingerprint density at radius 2 is 2.15 bits per heavy atom. The summed E-state index contributed by atoms with van der Waals surface area (Å²) in [6.45, 7) is 2.01. The molecule has 0 radical (unpaired) electrons. The molecule has 1 heterocycles. The second kappa shape index (κ2) is 3.34. The minimum atomic E-state index is 1.05. The number of nitrogens with zero attached hydrogens (tertiary/aromatic N) is 1. The molecule has 0 amide bonds. The number of hydrogen-bond donors (Lipinski definition) is 2. The summed E-state index contributed by atoms with van der Waals surface area (Å²) in [6, 6.07) is 2.02. The number of nitrogen functional groups attached to an aromatic ring is 1. The summed E-state index contributed by atoms with van der Waals surface area (Å²) in [4.78, 5) is 4.53. The Hall–Kier alpha value is -1.09. The minimum absolute atomic E-state index is 1.05. The molecule has 2 rings (SSSR count). The molecule has 0 saturated carbocycles. The first-order valence-electron chi connectivity index (χ1n) is 4.77. The van der Waals surface area contributed by atoms with E-state index in [9.17, 15) is 0 Å². The van der Waals surface area contributed by atoms with Gasteiger partial charge in [-0.2, -0.15) is 0 Å². The lowest BCUT2D eigenvalue weighted by atomic mass is 9.94. The first-order valence-corrected chi connectivity index (χ1v) is 4.77. The third-order valence-corrected chi connectivity index (χ3v) is 2.58. The molecule has 0 unspecified atom stereocenters. The van der Waals surface area contributed by atoms with E-state index < -0.39 is 0 Å². The molecule has 1 aliphatic rings. The minimum Gasteiger partial charge on any atom is -0.324 e. The number of nitrogens with two attached hydrogens (primary N) is 1. The van der Waals surface area contributed by atoms with Crippen molar-refractivity contribution in [3.8, 4) is 0 Å². The first kappa shape index (κ1) is 8.51. The van der Waals surface area contributed by atoms with Crippen LogP contribution in [0.4, 0.5) is 5.69 Å². The molecular weight excluding hydrogens is 162 g/mol. The average molecular weight is 177 g/mol. The Morgan fingerprint density at radius 1 is 1.38 bits per heavy atom. The van der Waals surface area contributed by atoms with Gasteiger partial charge in [-0.1, -0.05) is 0 Å². The lowest BCUT2D eigenvalue weighted by molar-refractivity contribution is 0.666. The monoisotopic (exact) mass is 177 g/mol. The average Bonchev–Trinajstić information content (AvgIpc) is 2.16. The molecule has 0 aromatic carbocycles. The third-order valence-electron chi connectivity index (χ3n) is 2.58. The molecule has 3 heteroatoms. The van der Waals surface area contributed by atoms with Gasteiger partial charge >= 0.3 is 0 Å². The Kier molecular flexibility index (Phi) is 2.19. The van der Waals surface area contributed by atoms with Crippen LogP contribution in [0.2, 0.25) is 0 Å². The normalized spacial score (nSPS) is 15.2. The zero-order valence-corrected chi connectivity index (χ0v) is 7.93. The highest BCUT2D eigenvalue weighted by Crippen LogP contribution is 2.26. The van der Waals surface area contributed by atoms with E-state index in [1.807, 2.05) is 13.0 Å². The maximum Gasteiger partial charge on any atom is 0.0553 e. The highest BCUT2D eigenvalue weighted by molar-refractivity contribution is 5.53. The summed E-state index contributed by atoms with van der Waals surface area (Å²) in [5, 5.41) is 0. The van der Waals surface area contributed by atoms with Crippen LogP contribution in [0.5, 0.6) is 0 Å². The maximum atomic E-state index is 5.47. The van der Waals surface area contributed by atoms with Crippen LogP contribution in [0.15, 0.2) is 6.07 Å². The van der Waals surface area contributed by atoms with Gasteiger partial charge in [0, 0.05) is 11.4 Å². The summed E-state index contributed by atoms with van der Waals surface area (Å²) < 4.78 is 0. The van der Waals surface area contributed by atoms with Crippen LogP contribution in [-0.2, 0) is 12.8 Å². The number of aryl methyl sites for hydroxylation is 2. The van der Waals surface area contributed by atoms with E-state index in [1.165, 1.54) is 24.1 Å². The first-order chi connectivity index (χ1) is 6.31. The largest absolute Gasteiger partial charge is 0.324 e. The molecule has 1 aliphatic carbocycles. The van der Waals surface area contributed by atoms with Gasteiger partial charge < -0.3 is 5.43 Å². The van der Waals surface area contributed by atoms with Gasteiger partial charge in [0.05, 0.1) is 5.69 Å². The summed E-state index contributed by atoms with van der Waals surface area (Å²) in [5.41, 5.74) is 7.42. The summed E-state index contributed by atoms with van der Waals surface area (Å²) in [5.74, 6) is 5.47. The number of aromatic nitrogens is 1. The van der Waals surface area contributed by atoms with Gasteiger partial charge in [-0.25, -0.2) is 0 Å². The summed E-state index contributed by atoms with van der Waals surface area (Å²) in [7, 11) is 0. The Bertz CT molecular complexity index is 303. The highest BCUT2D eigenvalue weighted by Gasteiger charge is 2.14. The van der Waals surface area contributed by atoms with Crippen molar-refractivity contribution in [1.82, 2.24) is 4.98 Å². The van der Waals surface area contributed by atoms with Gasteiger partial charge in [0.25, 0.3) is 0 Å². The van der Waals surface area contributed by atoms with Crippen LogP contribution in [0.1, 0.15) is 29.8 Å². The van der Waals surface area contributed by atoms with Crippen LogP contribution in [-0.4, -0.2) is 4.98 Å². The number of pyridine rings is 1. The molecular formula is C10H15N3. The van der Waals surface area contributed by atoms with Gasteiger partial charge in [0.2, 0.25) is 0 Å². The van der Waals surface area contributed by atoms with Gasteiger partial charge in [0.1, 0.15) is 0 Å². The predicted octanol–water partition coefficient (Wildman–Crippen LogP) is 1.55. The predicted molar refractivity (Wildman–Crippen MR) is 53.4 cm³/mol. The van der Waals surface area contributed by atoms with Crippen molar-refractivity contribution in [3.05, 3.63) is 23.0 Å². The molecule has 0 spiro atoms. The van der Waals surface area contributed by atoms with Crippen molar-refractivity contribution in [2.45, 2.75) is 32.6 Å². The van der Waals surface area contributed by atoms with Crippen molar-refractivity contribution in [3.63, 3.8) is 0 Å². The maximum absolute atomic E-state index is 5.47. The number of rotatable bonds is 1. The van der Waals surface area contributed by atoms with Crippen LogP contribution in [0.3, 0.4) is 0 Å². The number of anilines is 1. The smallest absolute Gasteiger partial charge is 0.0553 e. The van der Waals surface area contributed by atoms with E-state index in [0.717, 1.165) is 24.2 Å². The third kappa shape index (κ3) is 1.52. The second-order valence-corrected chi connectivity index (χ2v) is 3.59. The molecule has 13 heavy (non-hydrogen) atoms. The molecule has 0 aliphatic heterocycles. The standard InChI is InChI=1S/C10H15N3/c1-7-6-10(13-11)8-4-2-3-5-9(8)12-7/h6H,2-5,11H2,1H3,(H,12,13). The van der Waals surface area contributed by atoms with E-state index in [4.69, 9.17) is 5.84 Å². The zero-order chi connectivity index (χ0) is 9.26. The Balaban J connectivity index is 2.50. The second-order valence-electron chi connectivity index (χ2n) is 3.59.